The second kappa shape index (κ2) is 8.60. The lowest BCUT2D eigenvalue weighted by Crippen LogP contribution is -2.26. The summed E-state index contributed by atoms with van der Waals surface area (Å²) in [7, 11) is 0. The summed E-state index contributed by atoms with van der Waals surface area (Å²) in [6.45, 7) is 1.94. The summed E-state index contributed by atoms with van der Waals surface area (Å²) in [5, 5.41) is 27.0. The Balaban J connectivity index is 1.86. The molecule has 10 heteroatoms. The zero-order valence-electron chi connectivity index (χ0n) is 14.4. The molecular weight excluding hydrogens is 382 g/mol. The first-order valence-electron chi connectivity index (χ1n) is 7.93. The van der Waals surface area contributed by atoms with Crippen molar-refractivity contribution in [2.75, 3.05) is 5.75 Å². The Labute approximate surface area is 165 Å². The Morgan fingerprint density at radius 1 is 1.30 bits per heavy atom. The fourth-order valence-electron chi connectivity index (χ4n) is 2.31. The highest BCUT2D eigenvalue weighted by Gasteiger charge is 2.14. The molecule has 3 aromatic rings. The van der Waals surface area contributed by atoms with E-state index in [4.69, 9.17) is 18.0 Å². The van der Waals surface area contributed by atoms with E-state index < -0.39 is 0 Å². The van der Waals surface area contributed by atoms with E-state index >= 15 is 0 Å². The molecule has 0 spiro atoms. The van der Waals surface area contributed by atoms with E-state index in [0.717, 1.165) is 11.3 Å². The predicted molar refractivity (Wildman–Crippen MR) is 109 cm³/mol. The Kier molecular flexibility index (Phi) is 5.99. The molecule has 8 nitrogen and oxygen atoms in total. The summed E-state index contributed by atoms with van der Waals surface area (Å²) < 4.78 is 1.64. The fourth-order valence-corrected chi connectivity index (χ4v) is 3.20. The lowest BCUT2D eigenvalue weighted by molar-refractivity contribution is 0.474. The van der Waals surface area contributed by atoms with Crippen molar-refractivity contribution in [3.8, 4) is 11.4 Å². The van der Waals surface area contributed by atoms with Crippen LogP contribution in [0.3, 0.4) is 0 Å². The van der Waals surface area contributed by atoms with Gasteiger partial charge in [-0.05, 0) is 53.8 Å². The predicted octanol–water partition coefficient (Wildman–Crippen LogP) is 2.01. The zero-order chi connectivity index (χ0) is 19.2. The quantitative estimate of drug-likeness (QED) is 0.250. The molecule has 0 saturated carbocycles. The maximum absolute atomic E-state index is 10.2. The van der Waals surface area contributed by atoms with E-state index in [1.807, 2.05) is 49.4 Å². The minimum Gasteiger partial charge on any atom is -0.507 e. The van der Waals surface area contributed by atoms with Gasteiger partial charge in [-0.15, -0.1) is 5.10 Å². The molecule has 138 valence electrons. The SMILES string of the molecule is Cc1ccc(O)c(/C(CSc2nnnn2-c2ccccc2)=N/NC(N)=S)c1. The maximum atomic E-state index is 10.2. The van der Waals surface area contributed by atoms with E-state index in [2.05, 4.69) is 26.1 Å². The number of para-hydroxylation sites is 1. The van der Waals surface area contributed by atoms with Crippen molar-refractivity contribution < 1.29 is 5.11 Å². The third-order valence-electron chi connectivity index (χ3n) is 3.54. The average Bonchev–Trinajstić information content (AvgIpc) is 3.13. The van der Waals surface area contributed by atoms with Crippen LogP contribution >= 0.6 is 24.0 Å². The van der Waals surface area contributed by atoms with Crippen LogP contribution < -0.4 is 11.2 Å². The van der Waals surface area contributed by atoms with Crippen LogP contribution in [0.2, 0.25) is 0 Å². The molecule has 0 fully saturated rings. The van der Waals surface area contributed by atoms with Gasteiger partial charge in [0, 0.05) is 11.3 Å². The van der Waals surface area contributed by atoms with Gasteiger partial charge in [0.2, 0.25) is 5.16 Å². The molecule has 4 N–H and O–H groups in total. The lowest BCUT2D eigenvalue weighted by Gasteiger charge is -2.10. The minimum atomic E-state index is 0.0405. The van der Waals surface area contributed by atoms with Gasteiger partial charge in [-0.25, -0.2) is 0 Å². The van der Waals surface area contributed by atoms with Crippen LogP contribution in [0.5, 0.6) is 5.75 Å². The number of nitrogens with zero attached hydrogens (tertiary/aromatic N) is 5. The average molecular weight is 400 g/mol. The van der Waals surface area contributed by atoms with Crippen molar-refractivity contribution in [1.82, 2.24) is 25.6 Å². The number of rotatable bonds is 6. The molecule has 0 unspecified atom stereocenters. The number of aromatic nitrogens is 4. The number of nitrogens with one attached hydrogen (secondary N) is 1. The number of thioether (sulfide) groups is 1. The number of hydrazone groups is 1. The smallest absolute Gasteiger partial charge is 0.214 e. The number of hydrogen-bond acceptors (Lipinski definition) is 7. The maximum Gasteiger partial charge on any atom is 0.214 e. The van der Waals surface area contributed by atoms with Gasteiger partial charge in [-0.1, -0.05) is 41.6 Å². The van der Waals surface area contributed by atoms with Crippen molar-refractivity contribution in [3.05, 3.63) is 59.7 Å². The molecule has 0 amide bonds. The highest BCUT2D eigenvalue weighted by atomic mass is 32.2. The van der Waals surface area contributed by atoms with E-state index in [-0.39, 0.29) is 10.9 Å². The van der Waals surface area contributed by atoms with Crippen LogP contribution in [0, 0.1) is 6.92 Å². The molecule has 0 aliphatic heterocycles. The fraction of sp³-hybridized carbons (Fsp3) is 0.118. The number of phenolic OH excluding ortho intramolecular Hbond substituents is 1. The van der Waals surface area contributed by atoms with Crippen LogP contribution in [-0.4, -0.2) is 41.9 Å². The molecule has 0 saturated heterocycles. The van der Waals surface area contributed by atoms with Crippen molar-refractivity contribution in [1.29, 1.82) is 0 Å². The summed E-state index contributed by atoms with van der Waals surface area (Å²) in [6, 6.07) is 14.9. The Hall–Kier alpha value is -2.98. The number of hydrogen-bond donors (Lipinski definition) is 3. The minimum absolute atomic E-state index is 0.0405. The van der Waals surface area contributed by atoms with Gasteiger partial charge in [0.1, 0.15) is 5.75 Å². The normalized spacial score (nSPS) is 11.4. The summed E-state index contributed by atoms with van der Waals surface area (Å²) in [5.41, 5.74) is 11.1. The number of aromatic hydroxyl groups is 1. The molecule has 2 aromatic carbocycles. The lowest BCUT2D eigenvalue weighted by atomic mass is 10.1. The van der Waals surface area contributed by atoms with Crippen molar-refractivity contribution >= 4 is 34.8 Å². The van der Waals surface area contributed by atoms with E-state index in [9.17, 15) is 5.11 Å². The number of benzene rings is 2. The van der Waals surface area contributed by atoms with E-state index in [0.29, 0.717) is 22.2 Å². The molecule has 1 heterocycles. The summed E-state index contributed by atoms with van der Waals surface area (Å²) in [6.07, 6.45) is 0. The summed E-state index contributed by atoms with van der Waals surface area (Å²) in [5.74, 6) is 0.507. The zero-order valence-corrected chi connectivity index (χ0v) is 16.0. The summed E-state index contributed by atoms with van der Waals surface area (Å²) >= 11 is 6.20. The number of thiocarbonyl (C=S) groups is 1. The molecule has 0 bridgehead atoms. The largest absolute Gasteiger partial charge is 0.507 e. The topological polar surface area (TPSA) is 114 Å². The molecule has 1 aromatic heterocycles. The standard InChI is InChI=1S/C17H17N7OS2/c1-11-7-8-15(25)13(9-11)14(19-20-16(18)26)10-27-17-21-22-23-24(17)12-5-3-2-4-6-12/h2-9,25H,10H2,1H3,(H3,18,20,26)/b19-14+. The van der Waals surface area contributed by atoms with Crippen molar-refractivity contribution in [3.63, 3.8) is 0 Å². The van der Waals surface area contributed by atoms with Gasteiger partial charge >= 0.3 is 0 Å². The van der Waals surface area contributed by atoms with Crippen LogP contribution in [0.1, 0.15) is 11.1 Å². The number of aryl methyl sites for hydroxylation is 1. The van der Waals surface area contributed by atoms with Crippen molar-refractivity contribution in [2.24, 2.45) is 10.8 Å². The molecule has 0 aliphatic carbocycles. The Bertz CT molecular complexity index is 972. The van der Waals surface area contributed by atoms with Gasteiger partial charge in [-0.3, -0.25) is 5.43 Å². The second-order valence-electron chi connectivity index (χ2n) is 5.55. The molecule has 0 atom stereocenters. The van der Waals surface area contributed by atoms with Gasteiger partial charge in [0.25, 0.3) is 0 Å². The Morgan fingerprint density at radius 3 is 2.81 bits per heavy atom. The van der Waals surface area contributed by atoms with Crippen LogP contribution in [0.4, 0.5) is 0 Å². The van der Waals surface area contributed by atoms with Crippen LogP contribution in [0.15, 0.2) is 58.8 Å². The first-order valence-corrected chi connectivity index (χ1v) is 9.32. The molecule has 0 aliphatic rings. The monoisotopic (exact) mass is 399 g/mol. The van der Waals surface area contributed by atoms with Crippen LogP contribution in [0.25, 0.3) is 5.69 Å². The van der Waals surface area contributed by atoms with Gasteiger partial charge in [0.05, 0.1) is 11.4 Å². The van der Waals surface area contributed by atoms with E-state index in [1.165, 1.54) is 11.8 Å². The third kappa shape index (κ3) is 4.80. The van der Waals surface area contributed by atoms with Gasteiger partial charge < -0.3 is 10.8 Å². The third-order valence-corrected chi connectivity index (χ3v) is 4.57. The summed E-state index contributed by atoms with van der Waals surface area (Å²) in [4.78, 5) is 0. The van der Waals surface area contributed by atoms with Crippen molar-refractivity contribution in [2.45, 2.75) is 12.1 Å². The number of nitrogens with two attached hydrogens (primary N) is 1. The van der Waals surface area contributed by atoms with Gasteiger partial charge in [-0.2, -0.15) is 9.78 Å². The molecule has 27 heavy (non-hydrogen) atoms. The highest BCUT2D eigenvalue weighted by molar-refractivity contribution is 7.99. The molecule has 0 radical (unpaired) electrons. The first kappa shape index (κ1) is 18.8. The molecular formula is C17H17N7OS2. The van der Waals surface area contributed by atoms with Crippen LogP contribution in [-0.2, 0) is 0 Å². The van der Waals surface area contributed by atoms with E-state index in [1.54, 1.807) is 10.7 Å². The first-order chi connectivity index (χ1) is 13.0. The highest BCUT2D eigenvalue weighted by Crippen LogP contribution is 2.24. The molecule has 3 rings (SSSR count). The number of tetrazole rings is 1. The second-order valence-corrected chi connectivity index (χ2v) is 6.93. The Morgan fingerprint density at radius 2 is 2.07 bits per heavy atom. The van der Waals surface area contributed by atoms with Gasteiger partial charge in [0.15, 0.2) is 5.11 Å². The number of phenols is 1.